The lowest BCUT2D eigenvalue weighted by molar-refractivity contribution is -0.118. The van der Waals surface area contributed by atoms with Crippen LogP contribution < -0.4 is 5.73 Å². The van der Waals surface area contributed by atoms with Crippen LogP contribution >= 0.6 is 0 Å². The van der Waals surface area contributed by atoms with Crippen molar-refractivity contribution in [1.29, 1.82) is 0 Å². The summed E-state index contributed by atoms with van der Waals surface area (Å²) in [5.41, 5.74) is 5.15. The average molecular weight is 132 g/mol. The maximum absolute atomic E-state index is 10.0. The summed E-state index contributed by atoms with van der Waals surface area (Å²) >= 11 is 0. The van der Waals surface area contributed by atoms with Gasteiger partial charge in [0.15, 0.2) is 0 Å². The topological polar surface area (TPSA) is 66.6 Å². The van der Waals surface area contributed by atoms with Crippen LogP contribution in [0.5, 0.6) is 0 Å². The summed E-state index contributed by atoms with van der Waals surface area (Å²) in [5, 5.41) is 8.35. The minimum absolute atomic E-state index is 0.00125. The molecule has 0 saturated carbocycles. The monoisotopic (exact) mass is 132 g/mol. The van der Waals surface area contributed by atoms with Crippen molar-refractivity contribution in [3.05, 3.63) is 0 Å². The second-order valence-corrected chi connectivity index (χ2v) is 1.65. The quantitative estimate of drug-likeness (QED) is 0.442. The fourth-order valence-corrected chi connectivity index (χ4v) is 0.511. The largest absolute Gasteiger partial charge is 0.395 e. The summed E-state index contributed by atoms with van der Waals surface area (Å²) in [4.78, 5) is 11.5. The molecule has 54 valence electrons. The maximum Gasteiger partial charge on any atom is 0.209 e. The normalized spacial score (nSPS) is 9.11. The second kappa shape index (κ2) is 5.53. The molecular weight excluding hydrogens is 120 g/mol. The van der Waals surface area contributed by atoms with Gasteiger partial charge in [-0.25, -0.2) is 0 Å². The van der Waals surface area contributed by atoms with Gasteiger partial charge in [0.25, 0.3) is 0 Å². The Bertz CT molecular complexity index is 71.4. The molecule has 0 aliphatic rings. The first-order valence-electron chi connectivity index (χ1n) is 2.85. The highest BCUT2D eigenvalue weighted by molar-refractivity contribution is 5.46. The van der Waals surface area contributed by atoms with E-state index in [1.54, 1.807) is 0 Å². The molecule has 0 aromatic heterocycles. The van der Waals surface area contributed by atoms with Crippen molar-refractivity contribution in [2.75, 3.05) is 26.2 Å². The highest BCUT2D eigenvalue weighted by Gasteiger charge is 1.95. The molecule has 0 aromatic carbocycles. The zero-order valence-electron chi connectivity index (χ0n) is 5.29. The zero-order chi connectivity index (χ0) is 7.11. The van der Waals surface area contributed by atoms with Gasteiger partial charge in [0.1, 0.15) is 0 Å². The predicted octanol–water partition coefficient (Wildman–Crippen LogP) is -1.60. The molecule has 0 atom stereocenters. The Labute approximate surface area is 54.3 Å². The van der Waals surface area contributed by atoms with Crippen LogP contribution in [0.4, 0.5) is 0 Å². The number of carbonyl (C=O) groups excluding carboxylic acids is 1. The third-order valence-corrected chi connectivity index (χ3v) is 0.953. The number of nitrogens with two attached hydrogens (primary N) is 1. The Hall–Kier alpha value is -0.610. The van der Waals surface area contributed by atoms with Crippen LogP contribution in [0.1, 0.15) is 0 Å². The number of hydrogen-bond acceptors (Lipinski definition) is 3. The Morgan fingerprint density at radius 2 is 2.22 bits per heavy atom. The summed E-state index contributed by atoms with van der Waals surface area (Å²) in [6.45, 7) is 1.34. The Morgan fingerprint density at radius 1 is 1.56 bits per heavy atom. The molecule has 0 fully saturated rings. The van der Waals surface area contributed by atoms with E-state index in [0.717, 1.165) is 0 Å². The van der Waals surface area contributed by atoms with Crippen LogP contribution in [-0.2, 0) is 4.79 Å². The molecule has 0 unspecified atom stereocenters. The van der Waals surface area contributed by atoms with Gasteiger partial charge in [-0.15, -0.1) is 0 Å². The molecule has 0 heterocycles. The summed E-state index contributed by atoms with van der Waals surface area (Å²) in [6, 6.07) is 0. The summed E-state index contributed by atoms with van der Waals surface area (Å²) in [5.74, 6) is 0. The van der Waals surface area contributed by atoms with Crippen molar-refractivity contribution in [2.24, 2.45) is 5.73 Å². The van der Waals surface area contributed by atoms with E-state index < -0.39 is 0 Å². The van der Waals surface area contributed by atoms with Gasteiger partial charge in [0, 0.05) is 19.6 Å². The van der Waals surface area contributed by atoms with E-state index in [0.29, 0.717) is 26.0 Å². The molecule has 0 saturated heterocycles. The molecule has 0 aliphatic heterocycles. The van der Waals surface area contributed by atoms with Gasteiger partial charge in [0.05, 0.1) is 6.61 Å². The van der Waals surface area contributed by atoms with Gasteiger partial charge in [0.2, 0.25) is 6.41 Å². The molecule has 0 aliphatic carbocycles. The number of amides is 1. The van der Waals surface area contributed by atoms with Gasteiger partial charge in [-0.2, -0.15) is 0 Å². The smallest absolute Gasteiger partial charge is 0.209 e. The average Bonchev–Trinajstić information content (AvgIpc) is 1.88. The Balaban J connectivity index is 3.29. The molecule has 4 nitrogen and oxygen atoms in total. The van der Waals surface area contributed by atoms with Gasteiger partial charge in [-0.3, -0.25) is 4.79 Å². The van der Waals surface area contributed by atoms with Crippen molar-refractivity contribution in [3.8, 4) is 0 Å². The van der Waals surface area contributed by atoms with Crippen LogP contribution in [0.15, 0.2) is 0 Å². The highest BCUT2D eigenvalue weighted by atomic mass is 16.3. The molecule has 0 aromatic rings. The van der Waals surface area contributed by atoms with E-state index in [4.69, 9.17) is 10.8 Å². The van der Waals surface area contributed by atoms with Crippen LogP contribution in [0, 0.1) is 0 Å². The van der Waals surface area contributed by atoms with Crippen LogP contribution in [0.25, 0.3) is 0 Å². The fourth-order valence-electron chi connectivity index (χ4n) is 0.511. The standard InChI is InChI=1S/C5H12N2O2/c6-1-2-7(5-9)3-4-8/h5,8H,1-4,6H2. The maximum atomic E-state index is 10.0. The summed E-state index contributed by atoms with van der Waals surface area (Å²) < 4.78 is 0. The lowest BCUT2D eigenvalue weighted by atomic mass is 10.5. The zero-order valence-corrected chi connectivity index (χ0v) is 5.29. The molecule has 4 heteroatoms. The van der Waals surface area contributed by atoms with E-state index in [1.807, 2.05) is 0 Å². The number of nitrogens with zero attached hydrogens (tertiary/aromatic N) is 1. The molecule has 0 spiro atoms. The third kappa shape index (κ3) is 3.93. The van der Waals surface area contributed by atoms with Gasteiger partial charge < -0.3 is 15.7 Å². The Kier molecular flexibility index (Phi) is 5.15. The first-order chi connectivity index (χ1) is 4.35. The number of rotatable bonds is 5. The molecule has 3 N–H and O–H groups in total. The molecule has 1 amide bonds. The molecule has 0 rings (SSSR count). The minimum atomic E-state index is -0.00125. The highest BCUT2D eigenvalue weighted by Crippen LogP contribution is 1.77. The SMILES string of the molecule is NCCN(C=O)CCO. The summed E-state index contributed by atoms with van der Waals surface area (Å²) in [7, 11) is 0. The first kappa shape index (κ1) is 8.39. The second-order valence-electron chi connectivity index (χ2n) is 1.65. The molecule has 0 radical (unpaired) electrons. The van der Waals surface area contributed by atoms with Crippen molar-refractivity contribution < 1.29 is 9.90 Å². The number of aliphatic hydroxyl groups excluding tert-OH is 1. The van der Waals surface area contributed by atoms with Gasteiger partial charge >= 0.3 is 0 Å². The predicted molar refractivity (Wildman–Crippen MR) is 33.8 cm³/mol. The van der Waals surface area contributed by atoms with Gasteiger partial charge in [-0.1, -0.05) is 0 Å². The van der Waals surface area contributed by atoms with Crippen molar-refractivity contribution in [3.63, 3.8) is 0 Å². The minimum Gasteiger partial charge on any atom is -0.395 e. The lowest BCUT2D eigenvalue weighted by Gasteiger charge is -2.13. The van der Waals surface area contributed by atoms with E-state index in [9.17, 15) is 4.79 Å². The molecule has 9 heavy (non-hydrogen) atoms. The third-order valence-electron chi connectivity index (χ3n) is 0.953. The number of carbonyl (C=O) groups is 1. The number of hydrogen-bond donors (Lipinski definition) is 2. The van der Waals surface area contributed by atoms with Gasteiger partial charge in [-0.05, 0) is 0 Å². The van der Waals surface area contributed by atoms with E-state index in [-0.39, 0.29) is 6.61 Å². The lowest BCUT2D eigenvalue weighted by Crippen LogP contribution is -2.30. The Morgan fingerprint density at radius 3 is 2.56 bits per heavy atom. The van der Waals surface area contributed by atoms with Crippen LogP contribution in [-0.4, -0.2) is 42.7 Å². The van der Waals surface area contributed by atoms with Crippen molar-refractivity contribution in [2.45, 2.75) is 0 Å². The number of aliphatic hydroxyl groups is 1. The molecule has 0 bridgehead atoms. The van der Waals surface area contributed by atoms with Crippen molar-refractivity contribution >= 4 is 6.41 Å². The fraction of sp³-hybridized carbons (Fsp3) is 0.800. The van der Waals surface area contributed by atoms with E-state index in [1.165, 1.54) is 4.90 Å². The summed E-state index contributed by atoms with van der Waals surface area (Å²) in [6.07, 6.45) is 0.684. The van der Waals surface area contributed by atoms with Crippen molar-refractivity contribution in [1.82, 2.24) is 4.90 Å². The first-order valence-corrected chi connectivity index (χ1v) is 2.85. The molecular formula is C5H12N2O2. The van der Waals surface area contributed by atoms with E-state index in [2.05, 4.69) is 0 Å². The van der Waals surface area contributed by atoms with E-state index >= 15 is 0 Å². The van der Waals surface area contributed by atoms with Crippen LogP contribution in [0.2, 0.25) is 0 Å². The van der Waals surface area contributed by atoms with Crippen LogP contribution in [0.3, 0.4) is 0 Å².